The maximum absolute atomic E-state index is 12.7. The van der Waals surface area contributed by atoms with Crippen molar-refractivity contribution in [1.82, 2.24) is 0 Å². The molecular weight excluding hydrogens is 308 g/mol. The molecule has 0 aromatic carbocycles. The molecule has 1 N–H and O–H groups in total. The molecule has 140 valence electrons. The molecule has 0 aromatic heterocycles. The molecular formula is C23H36O2. The zero-order chi connectivity index (χ0) is 18.2. The summed E-state index contributed by atoms with van der Waals surface area (Å²) in [6.45, 7) is 11.4. The Morgan fingerprint density at radius 1 is 1.12 bits per heavy atom. The molecule has 4 aliphatic carbocycles. The first-order valence-corrected chi connectivity index (χ1v) is 10.5. The Morgan fingerprint density at radius 3 is 2.52 bits per heavy atom. The third kappa shape index (κ3) is 2.10. The van der Waals surface area contributed by atoms with E-state index in [-0.39, 0.29) is 16.9 Å². The van der Waals surface area contributed by atoms with E-state index in [0.717, 1.165) is 31.1 Å². The fourth-order valence-corrected chi connectivity index (χ4v) is 8.04. The number of hydrogen-bond donors (Lipinski definition) is 1. The lowest BCUT2D eigenvalue weighted by Crippen LogP contribution is -2.54. The van der Waals surface area contributed by atoms with Gasteiger partial charge in [0.2, 0.25) is 0 Å². The highest BCUT2D eigenvalue weighted by molar-refractivity contribution is 5.83. The molecule has 8 atom stereocenters. The molecule has 2 nitrogen and oxygen atoms in total. The topological polar surface area (TPSA) is 37.3 Å². The minimum Gasteiger partial charge on any atom is -0.389 e. The first-order valence-electron chi connectivity index (χ1n) is 10.5. The molecule has 2 heteroatoms. The van der Waals surface area contributed by atoms with Gasteiger partial charge >= 0.3 is 0 Å². The van der Waals surface area contributed by atoms with Crippen LogP contribution in [0.25, 0.3) is 0 Å². The maximum atomic E-state index is 12.7. The molecule has 0 aromatic rings. The number of ketones is 1. The summed E-state index contributed by atoms with van der Waals surface area (Å²) >= 11 is 0. The third-order valence-corrected chi connectivity index (χ3v) is 9.99. The Hall–Kier alpha value is -0.630. The van der Waals surface area contributed by atoms with Crippen LogP contribution >= 0.6 is 0 Å². The number of allylic oxidation sites excluding steroid dienone is 1. The fourth-order valence-electron chi connectivity index (χ4n) is 8.04. The molecule has 4 aliphatic rings. The van der Waals surface area contributed by atoms with Gasteiger partial charge in [-0.1, -0.05) is 39.3 Å². The van der Waals surface area contributed by atoms with Crippen LogP contribution in [0.5, 0.6) is 0 Å². The molecule has 0 aliphatic heterocycles. The van der Waals surface area contributed by atoms with Crippen molar-refractivity contribution in [2.75, 3.05) is 0 Å². The molecule has 0 unspecified atom stereocenters. The van der Waals surface area contributed by atoms with Crippen molar-refractivity contribution in [2.45, 2.75) is 85.7 Å². The maximum Gasteiger partial charge on any atom is 0.136 e. The largest absolute Gasteiger partial charge is 0.389 e. The number of carbonyl (C=O) groups is 1. The van der Waals surface area contributed by atoms with Crippen LogP contribution in [0.15, 0.2) is 11.6 Å². The summed E-state index contributed by atoms with van der Waals surface area (Å²) < 4.78 is 0. The van der Waals surface area contributed by atoms with Crippen LogP contribution < -0.4 is 0 Å². The van der Waals surface area contributed by atoms with E-state index in [1.165, 1.54) is 31.3 Å². The van der Waals surface area contributed by atoms with Gasteiger partial charge in [-0.15, -0.1) is 0 Å². The predicted molar refractivity (Wildman–Crippen MR) is 101 cm³/mol. The second kappa shape index (κ2) is 5.44. The van der Waals surface area contributed by atoms with Crippen LogP contribution in [-0.4, -0.2) is 17.0 Å². The average Bonchev–Trinajstić information content (AvgIpc) is 2.77. The van der Waals surface area contributed by atoms with E-state index < -0.39 is 0 Å². The lowest BCUT2D eigenvalue weighted by Gasteiger charge is -2.59. The number of rotatable bonds is 1. The first-order chi connectivity index (χ1) is 11.6. The lowest BCUT2D eigenvalue weighted by molar-refractivity contribution is -0.141. The van der Waals surface area contributed by atoms with Crippen LogP contribution in [0.2, 0.25) is 0 Å². The van der Waals surface area contributed by atoms with Crippen molar-refractivity contribution in [3.8, 4) is 0 Å². The Kier molecular flexibility index (Phi) is 3.87. The minimum absolute atomic E-state index is 0.150. The van der Waals surface area contributed by atoms with Gasteiger partial charge in [0.15, 0.2) is 0 Å². The van der Waals surface area contributed by atoms with E-state index in [0.29, 0.717) is 23.0 Å². The van der Waals surface area contributed by atoms with E-state index in [1.807, 2.05) is 6.92 Å². The monoisotopic (exact) mass is 344 g/mol. The third-order valence-electron chi connectivity index (χ3n) is 9.99. The highest BCUT2D eigenvalue weighted by Crippen LogP contribution is 2.71. The zero-order valence-electron chi connectivity index (χ0n) is 16.8. The van der Waals surface area contributed by atoms with Crippen LogP contribution in [-0.2, 0) is 4.79 Å². The van der Waals surface area contributed by atoms with E-state index in [1.54, 1.807) is 0 Å². The number of carbonyl (C=O) groups excluding carboxylic acids is 1. The number of fused-ring (bicyclic) bond motifs is 5. The highest BCUT2D eigenvalue weighted by atomic mass is 16.3. The zero-order valence-corrected chi connectivity index (χ0v) is 16.8. The van der Waals surface area contributed by atoms with E-state index in [4.69, 9.17) is 0 Å². The quantitative estimate of drug-likeness (QED) is 0.668. The van der Waals surface area contributed by atoms with Gasteiger partial charge in [0, 0.05) is 5.41 Å². The van der Waals surface area contributed by atoms with Crippen molar-refractivity contribution in [1.29, 1.82) is 0 Å². The van der Waals surface area contributed by atoms with Gasteiger partial charge in [0.1, 0.15) is 5.78 Å². The normalized spacial score (nSPS) is 55.0. The van der Waals surface area contributed by atoms with Crippen LogP contribution in [0, 0.1) is 39.9 Å². The highest BCUT2D eigenvalue weighted by Gasteiger charge is 2.66. The van der Waals surface area contributed by atoms with Gasteiger partial charge in [-0.25, -0.2) is 0 Å². The van der Waals surface area contributed by atoms with Gasteiger partial charge in [-0.3, -0.25) is 4.79 Å². The predicted octanol–water partition coefficient (Wildman–Crippen LogP) is 5.15. The number of Topliss-reactive ketones (excluding diaryl/α,β-unsaturated/α-hetero) is 1. The van der Waals surface area contributed by atoms with Crippen molar-refractivity contribution < 1.29 is 9.90 Å². The summed E-state index contributed by atoms with van der Waals surface area (Å²) in [6.07, 6.45) is 10.1. The smallest absolute Gasteiger partial charge is 0.136 e. The molecule has 3 fully saturated rings. The fraction of sp³-hybridized carbons (Fsp3) is 0.870. The number of hydrogen-bond acceptors (Lipinski definition) is 2. The van der Waals surface area contributed by atoms with Crippen LogP contribution in [0.1, 0.15) is 79.6 Å². The Balaban J connectivity index is 1.71. The van der Waals surface area contributed by atoms with Crippen molar-refractivity contribution >= 4 is 5.78 Å². The molecule has 3 saturated carbocycles. The lowest BCUT2D eigenvalue weighted by atomic mass is 9.45. The Bertz CT molecular complexity index is 622. The van der Waals surface area contributed by atoms with Crippen molar-refractivity contribution in [3.05, 3.63) is 11.6 Å². The average molecular weight is 345 g/mol. The van der Waals surface area contributed by atoms with Gasteiger partial charge in [-0.05, 0) is 86.4 Å². The second-order valence-corrected chi connectivity index (χ2v) is 10.5. The summed E-state index contributed by atoms with van der Waals surface area (Å²) in [5, 5.41) is 10.1. The minimum atomic E-state index is -0.221. The number of aliphatic hydroxyl groups is 1. The van der Waals surface area contributed by atoms with Gasteiger partial charge in [-0.2, -0.15) is 0 Å². The molecule has 0 saturated heterocycles. The summed E-state index contributed by atoms with van der Waals surface area (Å²) in [4.78, 5) is 12.7. The molecule has 0 heterocycles. The van der Waals surface area contributed by atoms with E-state index in [9.17, 15) is 9.90 Å². The summed E-state index contributed by atoms with van der Waals surface area (Å²) in [5.74, 6) is 3.11. The summed E-state index contributed by atoms with van der Waals surface area (Å²) in [7, 11) is 0. The van der Waals surface area contributed by atoms with Gasteiger partial charge in [0.05, 0.1) is 6.10 Å². The first kappa shape index (κ1) is 17.8. The molecule has 0 spiro atoms. The van der Waals surface area contributed by atoms with E-state index >= 15 is 0 Å². The van der Waals surface area contributed by atoms with E-state index in [2.05, 4.69) is 33.8 Å². The van der Waals surface area contributed by atoms with Crippen molar-refractivity contribution in [3.63, 3.8) is 0 Å². The van der Waals surface area contributed by atoms with Crippen LogP contribution in [0.3, 0.4) is 0 Å². The van der Waals surface area contributed by atoms with Gasteiger partial charge < -0.3 is 5.11 Å². The second-order valence-electron chi connectivity index (χ2n) is 10.5. The van der Waals surface area contributed by atoms with Gasteiger partial charge in [0.25, 0.3) is 0 Å². The molecule has 25 heavy (non-hydrogen) atoms. The summed E-state index contributed by atoms with van der Waals surface area (Å²) in [6, 6.07) is 0. The number of aliphatic hydroxyl groups excluding tert-OH is 1. The van der Waals surface area contributed by atoms with Crippen molar-refractivity contribution in [2.24, 2.45) is 39.9 Å². The molecule has 4 rings (SSSR count). The molecule has 0 amide bonds. The standard InChI is InChI=1S/C23H36O2/c1-14-12-20-18-7-6-16-13-17(25)8-10-21(16,3)19(18)9-11-22(20,4)23(14,5)15(2)24/h13-14,17-20,25H,6-12H2,1-5H3/t14-,17+,18-,19-,20+,21+,22+,23-/m1/s1. The molecule has 0 radical (unpaired) electrons. The van der Waals surface area contributed by atoms with Crippen LogP contribution in [0.4, 0.5) is 0 Å². The summed E-state index contributed by atoms with van der Waals surface area (Å²) in [5.41, 5.74) is 1.85. The Morgan fingerprint density at radius 2 is 1.84 bits per heavy atom. The molecule has 0 bridgehead atoms. The SMILES string of the molecule is CC(=O)[C@@]1(C)[C@H](C)C[C@H]2[C@@H]3CCC4=C[C@@H](O)CC[C@]4(C)[C@@H]3CC[C@@]21C. The Labute approximate surface area is 153 Å².